The Morgan fingerprint density at radius 1 is 1.41 bits per heavy atom. The summed E-state index contributed by atoms with van der Waals surface area (Å²) < 4.78 is 13.4. The van der Waals surface area contributed by atoms with E-state index in [0.29, 0.717) is 12.1 Å². The van der Waals surface area contributed by atoms with Crippen molar-refractivity contribution in [2.45, 2.75) is 12.8 Å². The lowest BCUT2D eigenvalue weighted by atomic mass is 10.1. The largest absolute Gasteiger partial charge is 0.349 e. The van der Waals surface area contributed by atoms with Gasteiger partial charge in [0.1, 0.15) is 0 Å². The number of hydrogen-bond acceptors (Lipinski definition) is 3. The second-order valence-corrected chi connectivity index (χ2v) is 4.70. The molecule has 0 amide bonds. The molecule has 116 valence electrons. The molecule has 1 aromatic rings. The summed E-state index contributed by atoms with van der Waals surface area (Å²) in [5.74, 6) is -0.851. The monoisotopic (exact) mass is 302 g/mol. The van der Waals surface area contributed by atoms with Gasteiger partial charge in [-0.25, -0.2) is 0 Å². The van der Waals surface area contributed by atoms with E-state index in [0.717, 1.165) is 23.8 Å². The lowest BCUT2D eigenvalue weighted by molar-refractivity contribution is -0.387. The summed E-state index contributed by atoms with van der Waals surface area (Å²) in [4.78, 5) is 11.8. The standard InChI is InChI=1S/C17H19FN2O2/c1-5-7-14(6-2)9-8-13(3)19(4)15-10-11-16(18)17(12-15)20(21)22/h5-7,10-12H,1-3,8-9H2,4H3/b14-7+. The molecular weight excluding hydrogens is 283 g/mol. The Morgan fingerprint density at radius 3 is 2.64 bits per heavy atom. The highest BCUT2D eigenvalue weighted by molar-refractivity contribution is 5.56. The normalized spacial score (nSPS) is 10.9. The molecule has 1 rings (SSSR count). The molecule has 0 radical (unpaired) electrons. The van der Waals surface area contributed by atoms with E-state index in [-0.39, 0.29) is 0 Å². The predicted octanol–water partition coefficient (Wildman–Crippen LogP) is 4.76. The number of hydrogen-bond donors (Lipinski definition) is 0. The highest BCUT2D eigenvalue weighted by Gasteiger charge is 2.16. The number of nitro groups is 1. The van der Waals surface area contributed by atoms with Gasteiger partial charge in [-0.1, -0.05) is 38.0 Å². The number of anilines is 1. The molecular formula is C17H19FN2O2. The summed E-state index contributed by atoms with van der Waals surface area (Å²) in [7, 11) is 1.74. The molecule has 0 heterocycles. The SMILES string of the molecule is C=C/C=C(\C=C)CCC(=C)N(C)c1ccc(F)c([N+](=O)[O-])c1. The van der Waals surface area contributed by atoms with Crippen molar-refractivity contribution >= 4 is 11.4 Å². The maximum absolute atomic E-state index is 13.4. The van der Waals surface area contributed by atoms with Gasteiger partial charge in [0.2, 0.25) is 5.82 Å². The number of nitro benzene ring substituents is 1. The van der Waals surface area contributed by atoms with Crippen LogP contribution in [0.3, 0.4) is 0 Å². The van der Waals surface area contributed by atoms with Gasteiger partial charge in [-0.3, -0.25) is 10.1 Å². The molecule has 0 saturated heterocycles. The molecule has 0 aliphatic carbocycles. The number of nitrogens with zero attached hydrogens (tertiary/aromatic N) is 2. The van der Waals surface area contributed by atoms with E-state index in [1.165, 1.54) is 12.1 Å². The van der Waals surface area contributed by atoms with Crippen molar-refractivity contribution in [3.8, 4) is 0 Å². The van der Waals surface area contributed by atoms with Crippen LogP contribution in [0.1, 0.15) is 12.8 Å². The molecule has 22 heavy (non-hydrogen) atoms. The minimum absolute atomic E-state index is 0.519. The van der Waals surface area contributed by atoms with Gasteiger partial charge in [0, 0.05) is 24.5 Å². The van der Waals surface area contributed by atoms with Crippen LogP contribution in [0.15, 0.2) is 67.4 Å². The Hall–Kier alpha value is -2.69. The third-order valence-electron chi connectivity index (χ3n) is 3.28. The lowest BCUT2D eigenvalue weighted by Crippen LogP contribution is -2.16. The van der Waals surface area contributed by atoms with E-state index in [1.807, 2.05) is 6.08 Å². The molecule has 0 aliphatic heterocycles. The number of halogens is 1. The van der Waals surface area contributed by atoms with Crippen LogP contribution in [0.5, 0.6) is 0 Å². The van der Waals surface area contributed by atoms with E-state index in [9.17, 15) is 14.5 Å². The van der Waals surface area contributed by atoms with Crippen molar-refractivity contribution in [1.82, 2.24) is 0 Å². The van der Waals surface area contributed by atoms with Crippen molar-refractivity contribution in [2.75, 3.05) is 11.9 Å². The maximum Gasteiger partial charge on any atom is 0.306 e. The van der Waals surface area contributed by atoms with Gasteiger partial charge in [-0.2, -0.15) is 4.39 Å². The first-order valence-corrected chi connectivity index (χ1v) is 6.70. The Kier molecular flexibility index (Phi) is 6.25. The Labute approximate surface area is 129 Å². The van der Waals surface area contributed by atoms with Gasteiger partial charge in [0.05, 0.1) is 4.92 Å². The van der Waals surface area contributed by atoms with Gasteiger partial charge in [0.25, 0.3) is 0 Å². The molecule has 5 heteroatoms. The minimum atomic E-state index is -0.851. The van der Waals surface area contributed by atoms with Crippen molar-refractivity contribution in [3.05, 3.63) is 83.4 Å². The number of benzene rings is 1. The summed E-state index contributed by atoms with van der Waals surface area (Å²) in [5, 5.41) is 10.8. The van der Waals surface area contributed by atoms with Crippen LogP contribution in [-0.2, 0) is 0 Å². The average molecular weight is 302 g/mol. The Balaban J connectivity index is 2.85. The molecule has 0 spiro atoms. The third-order valence-corrected chi connectivity index (χ3v) is 3.28. The molecule has 0 aromatic heterocycles. The summed E-state index contributed by atoms with van der Waals surface area (Å²) >= 11 is 0. The molecule has 0 fully saturated rings. The first-order valence-electron chi connectivity index (χ1n) is 6.70. The van der Waals surface area contributed by atoms with E-state index < -0.39 is 16.4 Å². The van der Waals surface area contributed by atoms with Gasteiger partial charge < -0.3 is 4.90 Å². The molecule has 0 bridgehead atoms. The summed E-state index contributed by atoms with van der Waals surface area (Å²) in [6.07, 6.45) is 6.67. The second-order valence-electron chi connectivity index (χ2n) is 4.70. The average Bonchev–Trinajstić information content (AvgIpc) is 2.50. The van der Waals surface area contributed by atoms with Crippen LogP contribution in [0, 0.1) is 15.9 Å². The van der Waals surface area contributed by atoms with Crippen LogP contribution in [0.2, 0.25) is 0 Å². The maximum atomic E-state index is 13.4. The Bertz CT molecular complexity index is 636. The van der Waals surface area contributed by atoms with Crippen LogP contribution in [0.25, 0.3) is 0 Å². The summed E-state index contributed by atoms with van der Waals surface area (Å²) in [5.41, 5.74) is 1.76. The lowest BCUT2D eigenvalue weighted by Gasteiger charge is -2.22. The zero-order chi connectivity index (χ0) is 16.7. The fraction of sp³-hybridized carbons (Fsp3) is 0.176. The van der Waals surface area contributed by atoms with Gasteiger partial charge in [-0.15, -0.1) is 0 Å². The fourth-order valence-electron chi connectivity index (χ4n) is 1.89. The second kappa shape index (κ2) is 7.93. The highest BCUT2D eigenvalue weighted by Crippen LogP contribution is 2.27. The Morgan fingerprint density at radius 2 is 2.09 bits per heavy atom. The zero-order valence-corrected chi connectivity index (χ0v) is 12.6. The van der Waals surface area contributed by atoms with E-state index in [4.69, 9.17) is 0 Å². The molecule has 0 unspecified atom stereocenters. The highest BCUT2D eigenvalue weighted by atomic mass is 19.1. The van der Waals surface area contributed by atoms with Gasteiger partial charge in [0.15, 0.2) is 0 Å². The smallest absolute Gasteiger partial charge is 0.306 e. The number of allylic oxidation sites excluding steroid dienone is 5. The van der Waals surface area contributed by atoms with Crippen LogP contribution >= 0.6 is 0 Å². The van der Waals surface area contributed by atoms with Crippen molar-refractivity contribution in [2.24, 2.45) is 0 Å². The zero-order valence-electron chi connectivity index (χ0n) is 12.6. The first kappa shape index (κ1) is 17.4. The van der Waals surface area contributed by atoms with Gasteiger partial charge >= 0.3 is 5.69 Å². The van der Waals surface area contributed by atoms with Gasteiger partial charge in [-0.05, 0) is 30.5 Å². The van der Waals surface area contributed by atoms with Crippen LogP contribution < -0.4 is 4.90 Å². The topological polar surface area (TPSA) is 46.4 Å². The molecule has 0 N–H and O–H groups in total. The van der Waals surface area contributed by atoms with Crippen molar-refractivity contribution in [1.29, 1.82) is 0 Å². The van der Waals surface area contributed by atoms with Crippen LogP contribution in [0.4, 0.5) is 15.8 Å². The molecule has 0 atom stereocenters. The molecule has 1 aromatic carbocycles. The van der Waals surface area contributed by atoms with E-state index in [1.54, 1.807) is 24.1 Å². The molecule has 4 nitrogen and oxygen atoms in total. The summed E-state index contributed by atoms with van der Waals surface area (Å²) in [6.45, 7) is 11.3. The fourth-order valence-corrected chi connectivity index (χ4v) is 1.89. The first-order chi connectivity index (χ1) is 10.4. The van der Waals surface area contributed by atoms with Crippen molar-refractivity contribution < 1.29 is 9.31 Å². The predicted molar refractivity (Wildman–Crippen MR) is 88.3 cm³/mol. The summed E-state index contributed by atoms with van der Waals surface area (Å²) in [6, 6.07) is 3.78. The number of rotatable bonds is 8. The molecule has 0 saturated carbocycles. The van der Waals surface area contributed by atoms with Crippen molar-refractivity contribution in [3.63, 3.8) is 0 Å². The molecule has 0 aliphatic rings. The quantitative estimate of drug-likeness (QED) is 0.395. The third kappa shape index (κ3) is 4.41. The van der Waals surface area contributed by atoms with E-state index in [2.05, 4.69) is 19.7 Å². The van der Waals surface area contributed by atoms with E-state index >= 15 is 0 Å². The minimum Gasteiger partial charge on any atom is -0.349 e. The van der Waals surface area contributed by atoms with Crippen LogP contribution in [-0.4, -0.2) is 12.0 Å².